The summed E-state index contributed by atoms with van der Waals surface area (Å²) in [6, 6.07) is 8.55. The second kappa shape index (κ2) is 6.73. The minimum absolute atomic E-state index is 0.170. The van der Waals surface area contributed by atoms with Gasteiger partial charge in [-0.1, -0.05) is 17.7 Å². The fourth-order valence-corrected chi connectivity index (χ4v) is 6.97. The van der Waals surface area contributed by atoms with Crippen LogP contribution in [-0.2, 0) is 19.9 Å². The molecule has 1 N–H and O–H groups in total. The summed E-state index contributed by atoms with van der Waals surface area (Å²) in [5, 5.41) is 3.56. The molecule has 0 radical (unpaired) electrons. The van der Waals surface area contributed by atoms with Crippen molar-refractivity contribution in [1.29, 1.82) is 0 Å². The first-order valence-electron chi connectivity index (χ1n) is 11.6. The number of nitrogens with zero attached hydrogens (tertiary/aromatic N) is 2. The van der Waals surface area contributed by atoms with Crippen LogP contribution in [-0.4, -0.2) is 48.4 Å². The van der Waals surface area contributed by atoms with Gasteiger partial charge >= 0.3 is 0 Å². The van der Waals surface area contributed by atoms with E-state index in [0.717, 1.165) is 24.0 Å². The highest BCUT2D eigenvalue weighted by Gasteiger charge is 2.74. The summed E-state index contributed by atoms with van der Waals surface area (Å²) >= 11 is 6.35. The van der Waals surface area contributed by atoms with Crippen molar-refractivity contribution in [2.45, 2.75) is 31.3 Å². The smallest absolute Gasteiger partial charge is 0.250 e. The number of imide groups is 1. The predicted octanol–water partition coefficient (Wildman–Crippen LogP) is 2.85. The van der Waals surface area contributed by atoms with Crippen LogP contribution in [0.15, 0.2) is 30.3 Å². The highest BCUT2D eigenvalue weighted by molar-refractivity contribution is 6.32. The molecule has 34 heavy (non-hydrogen) atoms. The lowest BCUT2D eigenvalue weighted by molar-refractivity contribution is -0.135. The normalized spacial score (nSPS) is 31.2. The highest BCUT2D eigenvalue weighted by atomic mass is 35.5. The van der Waals surface area contributed by atoms with Crippen LogP contribution in [0.3, 0.4) is 0 Å². The van der Waals surface area contributed by atoms with E-state index in [4.69, 9.17) is 21.1 Å². The van der Waals surface area contributed by atoms with Gasteiger partial charge in [0, 0.05) is 22.7 Å². The van der Waals surface area contributed by atoms with Crippen molar-refractivity contribution in [3.8, 4) is 11.5 Å². The summed E-state index contributed by atoms with van der Waals surface area (Å²) in [7, 11) is 0. The van der Waals surface area contributed by atoms with Crippen LogP contribution < -0.4 is 19.7 Å². The van der Waals surface area contributed by atoms with E-state index in [1.54, 1.807) is 24.3 Å². The largest absolute Gasteiger partial charge is 0.486 e. The van der Waals surface area contributed by atoms with Crippen molar-refractivity contribution in [1.82, 2.24) is 4.90 Å². The number of amides is 3. The molecule has 4 unspecified atom stereocenters. The molecule has 174 valence electrons. The molecule has 0 aromatic heterocycles. The van der Waals surface area contributed by atoms with Crippen LogP contribution in [0.4, 0.5) is 11.4 Å². The molecule has 5 heterocycles. The number of rotatable bonds is 1. The molecule has 7 rings (SSSR count). The first kappa shape index (κ1) is 20.3. The third-order valence-corrected chi connectivity index (χ3v) is 8.56. The molecule has 0 aliphatic carbocycles. The molecule has 0 bridgehead atoms. The summed E-state index contributed by atoms with van der Waals surface area (Å²) < 4.78 is 11.3. The number of benzene rings is 2. The Morgan fingerprint density at radius 2 is 1.85 bits per heavy atom. The second-order valence-electron chi connectivity index (χ2n) is 9.56. The number of carbonyl (C=O) groups is 3. The lowest BCUT2D eigenvalue weighted by Gasteiger charge is -2.36. The predicted molar refractivity (Wildman–Crippen MR) is 123 cm³/mol. The van der Waals surface area contributed by atoms with Crippen molar-refractivity contribution in [2.24, 2.45) is 11.8 Å². The SMILES string of the molecule is Cc1c(Cl)ccc2c1NC(=O)C21C2C(=O)N(c3ccc4c(c3)OCCO4)C(=O)C2C2CCCN21. The lowest BCUT2D eigenvalue weighted by Crippen LogP contribution is -2.54. The Morgan fingerprint density at radius 1 is 1.06 bits per heavy atom. The molecule has 3 amide bonds. The maximum absolute atomic E-state index is 14.1. The maximum atomic E-state index is 14.1. The zero-order chi connectivity index (χ0) is 23.4. The standard InChI is InChI=1S/C25H22ClN3O5/c1-12-15(26)6-5-14-21(12)27-24(32)25(14)20-19(16-3-2-8-28(16)25)22(30)29(23(20)31)13-4-7-17-18(11-13)34-10-9-33-17/h4-7,11,16,19-20H,2-3,8-10H2,1H3,(H,27,32). The summed E-state index contributed by atoms with van der Waals surface area (Å²) in [5.41, 5.74) is 1.39. The minimum atomic E-state index is -1.22. The third kappa shape index (κ3) is 2.25. The van der Waals surface area contributed by atoms with E-state index in [2.05, 4.69) is 10.2 Å². The van der Waals surface area contributed by atoms with Crippen LogP contribution in [0, 0.1) is 18.8 Å². The Morgan fingerprint density at radius 3 is 2.68 bits per heavy atom. The second-order valence-corrected chi connectivity index (χ2v) is 9.97. The molecule has 3 fully saturated rings. The van der Waals surface area contributed by atoms with Gasteiger partial charge in [0.05, 0.1) is 23.2 Å². The molecule has 8 nitrogen and oxygen atoms in total. The lowest BCUT2D eigenvalue weighted by atomic mass is 9.75. The number of carbonyl (C=O) groups excluding carboxylic acids is 3. The number of fused-ring (bicyclic) bond motifs is 8. The highest BCUT2D eigenvalue weighted by Crippen LogP contribution is 2.61. The summed E-state index contributed by atoms with van der Waals surface area (Å²) in [6.45, 7) is 3.38. The Hall–Kier alpha value is -3.10. The van der Waals surface area contributed by atoms with E-state index in [9.17, 15) is 14.4 Å². The van der Waals surface area contributed by atoms with E-state index in [0.29, 0.717) is 47.7 Å². The molecular formula is C25H22ClN3O5. The Kier molecular flexibility index (Phi) is 4.02. The van der Waals surface area contributed by atoms with Crippen LogP contribution in [0.2, 0.25) is 5.02 Å². The van der Waals surface area contributed by atoms with E-state index in [-0.39, 0.29) is 23.8 Å². The van der Waals surface area contributed by atoms with Gasteiger partial charge in [0.15, 0.2) is 11.5 Å². The Labute approximate surface area is 200 Å². The number of ether oxygens (including phenoxy) is 2. The van der Waals surface area contributed by atoms with Crippen molar-refractivity contribution in [3.63, 3.8) is 0 Å². The van der Waals surface area contributed by atoms with Gasteiger partial charge in [0.25, 0.3) is 0 Å². The zero-order valence-electron chi connectivity index (χ0n) is 18.5. The Balaban J connectivity index is 1.39. The van der Waals surface area contributed by atoms with Gasteiger partial charge in [-0.05, 0) is 50.1 Å². The van der Waals surface area contributed by atoms with E-state index < -0.39 is 17.4 Å². The molecule has 0 saturated carbocycles. The molecule has 5 aliphatic rings. The van der Waals surface area contributed by atoms with Crippen molar-refractivity contribution < 1.29 is 23.9 Å². The average Bonchev–Trinajstić information content (AvgIpc) is 3.55. The zero-order valence-corrected chi connectivity index (χ0v) is 19.2. The van der Waals surface area contributed by atoms with E-state index in [1.165, 1.54) is 4.90 Å². The van der Waals surface area contributed by atoms with Crippen molar-refractivity contribution in [2.75, 3.05) is 30.0 Å². The van der Waals surface area contributed by atoms with E-state index in [1.807, 2.05) is 13.0 Å². The van der Waals surface area contributed by atoms with Gasteiger partial charge in [-0.25, -0.2) is 4.90 Å². The van der Waals surface area contributed by atoms with Gasteiger partial charge in [0.1, 0.15) is 18.8 Å². The van der Waals surface area contributed by atoms with Crippen LogP contribution in [0.5, 0.6) is 11.5 Å². The number of hydrogen-bond donors (Lipinski definition) is 1. The topological polar surface area (TPSA) is 88.2 Å². The maximum Gasteiger partial charge on any atom is 0.250 e. The van der Waals surface area contributed by atoms with Crippen LogP contribution >= 0.6 is 11.6 Å². The fourth-order valence-electron chi connectivity index (χ4n) is 6.82. The molecular weight excluding hydrogens is 458 g/mol. The average molecular weight is 480 g/mol. The molecule has 4 atom stereocenters. The van der Waals surface area contributed by atoms with Gasteiger partial charge < -0.3 is 14.8 Å². The number of anilines is 2. The molecule has 2 aromatic carbocycles. The van der Waals surface area contributed by atoms with Gasteiger partial charge in [-0.3, -0.25) is 19.3 Å². The molecule has 3 saturated heterocycles. The monoisotopic (exact) mass is 479 g/mol. The van der Waals surface area contributed by atoms with Gasteiger partial charge in [-0.2, -0.15) is 0 Å². The van der Waals surface area contributed by atoms with Crippen molar-refractivity contribution >= 4 is 40.7 Å². The summed E-state index contributed by atoms with van der Waals surface area (Å²) in [4.78, 5) is 45.0. The number of hydrogen-bond acceptors (Lipinski definition) is 6. The third-order valence-electron chi connectivity index (χ3n) is 8.15. The van der Waals surface area contributed by atoms with Crippen LogP contribution in [0.25, 0.3) is 0 Å². The summed E-state index contributed by atoms with van der Waals surface area (Å²) in [5.74, 6) is -1.16. The molecule has 1 spiro atoms. The number of halogens is 1. The fraction of sp³-hybridized carbons (Fsp3) is 0.400. The molecule has 5 aliphatic heterocycles. The van der Waals surface area contributed by atoms with E-state index >= 15 is 0 Å². The first-order valence-corrected chi connectivity index (χ1v) is 12.0. The summed E-state index contributed by atoms with van der Waals surface area (Å²) in [6.07, 6.45) is 1.64. The quantitative estimate of drug-likeness (QED) is 0.633. The minimum Gasteiger partial charge on any atom is -0.486 e. The molecule has 2 aromatic rings. The Bertz CT molecular complexity index is 1310. The van der Waals surface area contributed by atoms with Crippen molar-refractivity contribution in [3.05, 3.63) is 46.5 Å². The van der Waals surface area contributed by atoms with Gasteiger partial charge in [-0.15, -0.1) is 0 Å². The molecule has 9 heteroatoms. The van der Waals surface area contributed by atoms with Crippen LogP contribution in [0.1, 0.15) is 24.0 Å². The number of nitrogens with one attached hydrogen (secondary N) is 1. The van der Waals surface area contributed by atoms with Gasteiger partial charge in [0.2, 0.25) is 17.7 Å². The first-order chi connectivity index (χ1) is 16.4.